The second-order valence-corrected chi connectivity index (χ2v) is 5.89. The minimum Gasteiger partial charge on any atom is -0.378 e. The molecule has 2 aliphatic rings. The maximum absolute atomic E-state index is 12.7. The summed E-state index contributed by atoms with van der Waals surface area (Å²) in [4.78, 5) is 12.7. The normalized spacial score (nSPS) is 30.0. The van der Waals surface area contributed by atoms with E-state index in [1.807, 2.05) is 13.1 Å². The highest BCUT2D eigenvalue weighted by atomic mass is 16.6. The Morgan fingerprint density at radius 2 is 2.40 bits per heavy atom. The van der Waals surface area contributed by atoms with Gasteiger partial charge < -0.3 is 9.47 Å². The molecule has 0 aromatic carbocycles. The Bertz CT molecular complexity index is 503. The van der Waals surface area contributed by atoms with Crippen molar-refractivity contribution in [2.75, 3.05) is 19.8 Å². The number of ketones is 1. The zero-order valence-corrected chi connectivity index (χ0v) is 12.2. The van der Waals surface area contributed by atoms with Gasteiger partial charge in [-0.05, 0) is 25.3 Å². The van der Waals surface area contributed by atoms with Crippen molar-refractivity contribution < 1.29 is 14.3 Å². The fourth-order valence-electron chi connectivity index (χ4n) is 3.25. The highest BCUT2D eigenvalue weighted by Crippen LogP contribution is 2.37. The van der Waals surface area contributed by atoms with Gasteiger partial charge in [0.1, 0.15) is 5.69 Å². The smallest absolute Gasteiger partial charge is 0.184 e. The zero-order chi connectivity index (χ0) is 14.2. The first kappa shape index (κ1) is 13.8. The molecule has 2 aliphatic heterocycles. The molecule has 110 valence electrons. The minimum absolute atomic E-state index is 0.0329. The van der Waals surface area contributed by atoms with Gasteiger partial charge in [0.15, 0.2) is 5.78 Å². The van der Waals surface area contributed by atoms with Gasteiger partial charge in [-0.1, -0.05) is 6.92 Å². The molecule has 0 bridgehead atoms. The lowest BCUT2D eigenvalue weighted by Gasteiger charge is -2.36. The summed E-state index contributed by atoms with van der Waals surface area (Å²) in [6.07, 6.45) is 3.33. The Kier molecular flexibility index (Phi) is 3.65. The van der Waals surface area contributed by atoms with Crippen LogP contribution in [0.25, 0.3) is 0 Å². The van der Waals surface area contributed by atoms with Gasteiger partial charge in [0.25, 0.3) is 0 Å². The SMILES string of the molecule is CCc1cc(C(=O)C2CCOC3(CCOC3)C2)n(C)n1. The molecule has 1 aromatic rings. The number of carbonyl (C=O) groups excluding carboxylic acids is 1. The van der Waals surface area contributed by atoms with Crippen LogP contribution < -0.4 is 0 Å². The van der Waals surface area contributed by atoms with Crippen LogP contribution in [-0.2, 0) is 22.9 Å². The van der Waals surface area contributed by atoms with Crippen molar-refractivity contribution in [2.45, 2.75) is 38.2 Å². The Morgan fingerprint density at radius 1 is 1.55 bits per heavy atom. The number of nitrogens with zero attached hydrogens (tertiary/aromatic N) is 2. The Morgan fingerprint density at radius 3 is 3.05 bits per heavy atom. The predicted molar refractivity (Wildman–Crippen MR) is 73.8 cm³/mol. The van der Waals surface area contributed by atoms with Gasteiger partial charge in [-0.25, -0.2) is 0 Å². The summed E-state index contributed by atoms with van der Waals surface area (Å²) in [5, 5.41) is 4.37. The minimum atomic E-state index is -0.218. The van der Waals surface area contributed by atoms with Crippen LogP contribution in [0.3, 0.4) is 0 Å². The molecule has 0 amide bonds. The van der Waals surface area contributed by atoms with Crippen molar-refractivity contribution in [3.05, 3.63) is 17.5 Å². The molecule has 0 radical (unpaired) electrons. The van der Waals surface area contributed by atoms with Crippen molar-refractivity contribution in [2.24, 2.45) is 13.0 Å². The van der Waals surface area contributed by atoms with Crippen LogP contribution in [0.1, 0.15) is 42.4 Å². The van der Waals surface area contributed by atoms with E-state index in [4.69, 9.17) is 9.47 Å². The monoisotopic (exact) mass is 278 g/mol. The van der Waals surface area contributed by atoms with Gasteiger partial charge in [-0.15, -0.1) is 0 Å². The largest absolute Gasteiger partial charge is 0.378 e. The summed E-state index contributed by atoms with van der Waals surface area (Å²) in [5.74, 6) is 0.236. The van der Waals surface area contributed by atoms with E-state index in [0.717, 1.165) is 43.7 Å². The molecule has 2 unspecified atom stereocenters. The number of aromatic nitrogens is 2. The fraction of sp³-hybridized carbons (Fsp3) is 0.733. The molecule has 3 heterocycles. The van der Waals surface area contributed by atoms with Crippen molar-refractivity contribution in [1.29, 1.82) is 0 Å². The van der Waals surface area contributed by atoms with E-state index < -0.39 is 0 Å². The van der Waals surface area contributed by atoms with Gasteiger partial charge in [0.2, 0.25) is 0 Å². The van der Waals surface area contributed by atoms with E-state index in [0.29, 0.717) is 13.2 Å². The summed E-state index contributed by atoms with van der Waals surface area (Å²) >= 11 is 0. The third kappa shape index (κ3) is 2.40. The van der Waals surface area contributed by atoms with E-state index in [-0.39, 0.29) is 17.3 Å². The number of rotatable bonds is 3. The molecule has 20 heavy (non-hydrogen) atoms. The second kappa shape index (κ2) is 5.30. The molecule has 0 N–H and O–H groups in total. The number of hydrogen-bond donors (Lipinski definition) is 0. The Balaban J connectivity index is 1.77. The topological polar surface area (TPSA) is 53.4 Å². The molecule has 0 saturated carbocycles. The standard InChI is InChI=1S/C15H22N2O3/c1-3-12-8-13(17(2)16-12)14(18)11-4-6-20-15(9-11)5-7-19-10-15/h8,11H,3-7,9-10H2,1-2H3. The van der Waals surface area contributed by atoms with Crippen molar-refractivity contribution in [1.82, 2.24) is 9.78 Å². The van der Waals surface area contributed by atoms with E-state index in [1.165, 1.54) is 0 Å². The summed E-state index contributed by atoms with van der Waals surface area (Å²) in [6.45, 7) is 4.07. The summed E-state index contributed by atoms with van der Waals surface area (Å²) < 4.78 is 13.1. The van der Waals surface area contributed by atoms with Crippen molar-refractivity contribution >= 4 is 5.78 Å². The molecule has 2 atom stereocenters. The zero-order valence-electron chi connectivity index (χ0n) is 12.2. The van der Waals surface area contributed by atoms with Crippen LogP contribution in [0.2, 0.25) is 0 Å². The average molecular weight is 278 g/mol. The Hall–Kier alpha value is -1.20. The van der Waals surface area contributed by atoms with Crippen molar-refractivity contribution in [3.63, 3.8) is 0 Å². The second-order valence-electron chi connectivity index (χ2n) is 5.89. The van der Waals surface area contributed by atoms with Gasteiger partial charge in [-0.2, -0.15) is 5.10 Å². The molecule has 5 heteroatoms. The van der Waals surface area contributed by atoms with Crippen LogP contribution >= 0.6 is 0 Å². The summed E-state index contributed by atoms with van der Waals surface area (Å²) in [5.41, 5.74) is 1.48. The number of Topliss-reactive ketones (excluding diaryl/α,β-unsaturated/α-hetero) is 1. The molecule has 1 spiro atoms. The van der Waals surface area contributed by atoms with Gasteiger partial charge in [-0.3, -0.25) is 9.48 Å². The maximum Gasteiger partial charge on any atom is 0.184 e. The first-order valence-corrected chi connectivity index (χ1v) is 7.42. The maximum atomic E-state index is 12.7. The highest BCUT2D eigenvalue weighted by Gasteiger charge is 2.43. The van der Waals surface area contributed by atoms with Gasteiger partial charge >= 0.3 is 0 Å². The molecule has 0 aliphatic carbocycles. The average Bonchev–Trinajstić information content (AvgIpc) is 3.05. The first-order valence-electron chi connectivity index (χ1n) is 7.42. The van der Waals surface area contributed by atoms with Crippen LogP contribution in [0.4, 0.5) is 0 Å². The van der Waals surface area contributed by atoms with Crippen LogP contribution in [0, 0.1) is 5.92 Å². The van der Waals surface area contributed by atoms with Crippen molar-refractivity contribution in [3.8, 4) is 0 Å². The van der Waals surface area contributed by atoms with Crippen LogP contribution in [0.5, 0.6) is 0 Å². The third-order valence-corrected chi connectivity index (χ3v) is 4.48. The molecule has 1 aromatic heterocycles. The molecule has 2 fully saturated rings. The van der Waals surface area contributed by atoms with E-state index >= 15 is 0 Å². The summed E-state index contributed by atoms with van der Waals surface area (Å²) in [6, 6.07) is 1.93. The van der Waals surface area contributed by atoms with Crippen LogP contribution in [-0.4, -0.2) is 41.0 Å². The third-order valence-electron chi connectivity index (χ3n) is 4.48. The number of hydrogen-bond acceptors (Lipinski definition) is 4. The lowest BCUT2D eigenvalue weighted by Crippen LogP contribution is -2.42. The number of carbonyl (C=O) groups is 1. The number of aryl methyl sites for hydroxylation is 2. The molecule has 2 saturated heterocycles. The van der Waals surface area contributed by atoms with Crippen LogP contribution in [0.15, 0.2) is 6.07 Å². The van der Waals surface area contributed by atoms with E-state index in [1.54, 1.807) is 4.68 Å². The predicted octanol–water partition coefficient (Wildman–Crippen LogP) is 1.75. The van der Waals surface area contributed by atoms with E-state index in [2.05, 4.69) is 12.0 Å². The Labute approximate surface area is 119 Å². The van der Waals surface area contributed by atoms with Gasteiger partial charge in [0.05, 0.1) is 17.9 Å². The lowest BCUT2D eigenvalue weighted by molar-refractivity contribution is -0.0921. The summed E-state index contributed by atoms with van der Waals surface area (Å²) in [7, 11) is 1.85. The quantitative estimate of drug-likeness (QED) is 0.790. The van der Waals surface area contributed by atoms with Gasteiger partial charge in [0, 0.05) is 32.6 Å². The highest BCUT2D eigenvalue weighted by molar-refractivity contribution is 5.96. The fourth-order valence-corrected chi connectivity index (χ4v) is 3.25. The molecular weight excluding hydrogens is 256 g/mol. The lowest BCUT2D eigenvalue weighted by atomic mass is 9.82. The van der Waals surface area contributed by atoms with E-state index in [9.17, 15) is 4.79 Å². The number of ether oxygens (including phenoxy) is 2. The first-order chi connectivity index (χ1) is 9.63. The molecule has 5 nitrogen and oxygen atoms in total. The molecular formula is C15H22N2O3. The molecule has 3 rings (SSSR count).